The van der Waals surface area contributed by atoms with Crippen molar-refractivity contribution in [1.29, 1.82) is 0 Å². The molecule has 1 amide bonds. The van der Waals surface area contributed by atoms with E-state index in [0.717, 1.165) is 46.1 Å². The molecule has 2 heterocycles. The molecule has 1 aromatic heterocycles. The van der Waals surface area contributed by atoms with Crippen LogP contribution in [0.1, 0.15) is 38.3 Å². The summed E-state index contributed by atoms with van der Waals surface area (Å²) in [6.45, 7) is 13.4. The van der Waals surface area contributed by atoms with Crippen LogP contribution in [0, 0.1) is 6.92 Å². The van der Waals surface area contributed by atoms with Crippen LogP contribution in [-0.4, -0.2) is 40.2 Å². The lowest BCUT2D eigenvalue weighted by atomic mass is 9.98. The van der Waals surface area contributed by atoms with Crippen LogP contribution < -0.4 is 10.6 Å². The highest BCUT2D eigenvalue weighted by atomic mass is 32.2. The molecule has 1 fully saturated rings. The molecule has 5 nitrogen and oxygen atoms in total. The van der Waals surface area contributed by atoms with Crippen molar-refractivity contribution >= 4 is 44.4 Å². The molecule has 1 aromatic carbocycles. The molecule has 0 spiro atoms. The molecule has 2 N–H and O–H groups in total. The SMILES string of the molecule is Cc1cc2nc(C(C)(C)C)sc2cc1NC(=O)SN1CCNCC1C. The van der Waals surface area contributed by atoms with Crippen molar-refractivity contribution in [2.75, 3.05) is 25.0 Å². The Balaban J connectivity index is 1.76. The Bertz CT molecular complexity index is 781. The van der Waals surface area contributed by atoms with E-state index in [4.69, 9.17) is 4.98 Å². The first-order valence-corrected chi connectivity index (χ1v) is 10.2. The zero-order chi connectivity index (χ0) is 18.2. The van der Waals surface area contributed by atoms with Crippen molar-refractivity contribution in [3.63, 3.8) is 0 Å². The van der Waals surface area contributed by atoms with Gasteiger partial charge in [-0.3, -0.25) is 4.79 Å². The molecule has 1 atom stereocenters. The molecular formula is C18H26N4OS2. The van der Waals surface area contributed by atoms with E-state index in [1.54, 1.807) is 11.3 Å². The number of rotatable bonds is 2. The molecule has 1 saturated heterocycles. The van der Waals surface area contributed by atoms with Gasteiger partial charge in [0, 0.05) is 48.7 Å². The van der Waals surface area contributed by atoms with Crippen LogP contribution in [0.3, 0.4) is 0 Å². The predicted molar refractivity (Wildman–Crippen MR) is 109 cm³/mol. The summed E-state index contributed by atoms with van der Waals surface area (Å²) in [7, 11) is 0. The molecule has 3 rings (SSSR count). The Morgan fingerprint density at radius 2 is 2.20 bits per heavy atom. The van der Waals surface area contributed by atoms with Crippen molar-refractivity contribution in [2.24, 2.45) is 0 Å². The van der Waals surface area contributed by atoms with Gasteiger partial charge < -0.3 is 10.6 Å². The summed E-state index contributed by atoms with van der Waals surface area (Å²) in [5.74, 6) is 0. The van der Waals surface area contributed by atoms with E-state index >= 15 is 0 Å². The summed E-state index contributed by atoms with van der Waals surface area (Å²) in [5.41, 5.74) is 2.96. The smallest absolute Gasteiger partial charge is 0.298 e. The number of hydrogen-bond donors (Lipinski definition) is 2. The third-order valence-electron chi connectivity index (χ3n) is 4.25. The van der Waals surface area contributed by atoms with Gasteiger partial charge in [-0.2, -0.15) is 0 Å². The van der Waals surface area contributed by atoms with E-state index in [1.807, 2.05) is 6.92 Å². The number of nitrogens with zero attached hydrogens (tertiary/aromatic N) is 2. The van der Waals surface area contributed by atoms with Gasteiger partial charge in [0.1, 0.15) is 0 Å². The molecule has 1 aliphatic rings. The molecule has 7 heteroatoms. The molecular weight excluding hydrogens is 352 g/mol. The number of carbonyl (C=O) groups excluding carboxylic acids is 1. The first-order chi connectivity index (χ1) is 11.7. The number of benzene rings is 1. The van der Waals surface area contributed by atoms with E-state index in [9.17, 15) is 4.79 Å². The highest BCUT2D eigenvalue weighted by Crippen LogP contribution is 2.34. The maximum Gasteiger partial charge on any atom is 0.298 e. The van der Waals surface area contributed by atoms with E-state index < -0.39 is 0 Å². The number of aryl methyl sites for hydroxylation is 1. The molecule has 0 bridgehead atoms. The Labute approximate surface area is 157 Å². The second-order valence-electron chi connectivity index (χ2n) is 7.60. The van der Waals surface area contributed by atoms with Crippen molar-refractivity contribution in [3.05, 3.63) is 22.7 Å². The second kappa shape index (κ2) is 7.23. The number of anilines is 1. The number of piperazine rings is 1. The van der Waals surface area contributed by atoms with Crippen molar-refractivity contribution in [3.8, 4) is 0 Å². The average Bonchev–Trinajstić information content (AvgIpc) is 2.93. The standard InChI is InChI=1S/C18H26N4OS2/c1-11-8-14-15(24-16(20-14)18(3,4)5)9-13(11)21-17(23)25-22-7-6-19-10-12(22)2/h8-9,12,19H,6-7,10H2,1-5H3,(H,21,23). The molecule has 1 unspecified atom stereocenters. The van der Waals surface area contributed by atoms with E-state index in [-0.39, 0.29) is 10.7 Å². The van der Waals surface area contributed by atoms with Crippen molar-refractivity contribution < 1.29 is 4.79 Å². The van der Waals surface area contributed by atoms with Gasteiger partial charge >= 0.3 is 0 Å². The van der Waals surface area contributed by atoms with E-state index in [2.05, 4.69) is 54.8 Å². The quantitative estimate of drug-likeness (QED) is 0.760. The zero-order valence-electron chi connectivity index (χ0n) is 15.5. The Morgan fingerprint density at radius 1 is 1.44 bits per heavy atom. The topological polar surface area (TPSA) is 57.3 Å². The third kappa shape index (κ3) is 4.34. The van der Waals surface area contributed by atoms with E-state index in [0.29, 0.717) is 6.04 Å². The Morgan fingerprint density at radius 3 is 2.88 bits per heavy atom. The van der Waals surface area contributed by atoms with Crippen molar-refractivity contribution in [2.45, 2.75) is 46.1 Å². The minimum Gasteiger partial charge on any atom is -0.316 e. The first-order valence-electron chi connectivity index (χ1n) is 8.62. The van der Waals surface area contributed by atoms with Gasteiger partial charge in [-0.05, 0) is 31.5 Å². The fraction of sp³-hybridized carbons (Fsp3) is 0.556. The number of aromatic nitrogens is 1. The molecule has 25 heavy (non-hydrogen) atoms. The number of amides is 1. The van der Waals surface area contributed by atoms with Crippen LogP contribution in [0.25, 0.3) is 10.2 Å². The maximum atomic E-state index is 12.5. The van der Waals surface area contributed by atoms with Gasteiger partial charge in [0.2, 0.25) is 0 Å². The lowest BCUT2D eigenvalue weighted by Gasteiger charge is -2.31. The molecule has 0 saturated carbocycles. The highest BCUT2D eigenvalue weighted by molar-refractivity contribution is 8.11. The molecule has 136 valence electrons. The van der Waals surface area contributed by atoms with Gasteiger partial charge in [0.15, 0.2) is 0 Å². The van der Waals surface area contributed by atoms with Crippen LogP contribution in [0.4, 0.5) is 10.5 Å². The Kier molecular flexibility index (Phi) is 5.39. The fourth-order valence-electron chi connectivity index (χ4n) is 2.73. The minimum atomic E-state index is -0.0308. The second-order valence-corrected chi connectivity index (χ2v) is 9.65. The normalized spacial score (nSPS) is 19.3. The van der Waals surface area contributed by atoms with Crippen LogP contribution >= 0.6 is 23.3 Å². The maximum absolute atomic E-state index is 12.5. The van der Waals surface area contributed by atoms with Gasteiger partial charge in [-0.15, -0.1) is 11.3 Å². The Hall–Kier alpha value is -1.15. The number of carbonyl (C=O) groups is 1. The molecule has 0 aliphatic carbocycles. The lowest BCUT2D eigenvalue weighted by molar-refractivity contribution is 0.266. The summed E-state index contributed by atoms with van der Waals surface area (Å²) in [4.78, 5) is 17.2. The minimum absolute atomic E-state index is 0.0308. The van der Waals surface area contributed by atoms with Gasteiger partial charge in [-0.1, -0.05) is 20.8 Å². The van der Waals surface area contributed by atoms with Crippen LogP contribution in [0.2, 0.25) is 0 Å². The summed E-state index contributed by atoms with van der Waals surface area (Å²) in [6.07, 6.45) is 0. The molecule has 0 radical (unpaired) electrons. The third-order valence-corrected chi connectivity index (χ3v) is 6.74. The van der Waals surface area contributed by atoms with E-state index in [1.165, 1.54) is 11.9 Å². The van der Waals surface area contributed by atoms with Gasteiger partial charge in [-0.25, -0.2) is 9.29 Å². The van der Waals surface area contributed by atoms with Crippen LogP contribution in [0.5, 0.6) is 0 Å². The molecule has 1 aliphatic heterocycles. The number of nitrogens with one attached hydrogen (secondary N) is 2. The molecule has 2 aromatic rings. The summed E-state index contributed by atoms with van der Waals surface area (Å²) >= 11 is 2.98. The monoisotopic (exact) mass is 378 g/mol. The van der Waals surface area contributed by atoms with Gasteiger partial charge in [0.25, 0.3) is 5.24 Å². The number of thiazole rings is 1. The summed E-state index contributed by atoms with van der Waals surface area (Å²) in [5, 5.41) is 7.49. The zero-order valence-corrected chi connectivity index (χ0v) is 17.1. The lowest BCUT2D eigenvalue weighted by Crippen LogP contribution is -2.47. The largest absolute Gasteiger partial charge is 0.316 e. The number of hydrogen-bond acceptors (Lipinski definition) is 6. The highest BCUT2D eigenvalue weighted by Gasteiger charge is 2.22. The first kappa shape index (κ1) is 18.6. The summed E-state index contributed by atoms with van der Waals surface area (Å²) < 4.78 is 3.26. The average molecular weight is 379 g/mol. The fourth-order valence-corrected chi connectivity index (χ4v) is 4.58. The van der Waals surface area contributed by atoms with Gasteiger partial charge in [0.05, 0.1) is 15.2 Å². The van der Waals surface area contributed by atoms with Crippen LogP contribution in [0.15, 0.2) is 12.1 Å². The predicted octanol–water partition coefficient (Wildman–Crippen LogP) is 4.38. The van der Waals surface area contributed by atoms with Crippen molar-refractivity contribution in [1.82, 2.24) is 14.6 Å². The van der Waals surface area contributed by atoms with Crippen LogP contribution in [-0.2, 0) is 5.41 Å². The summed E-state index contributed by atoms with van der Waals surface area (Å²) in [6, 6.07) is 4.47. The number of fused-ring (bicyclic) bond motifs is 1.